The average molecular weight is 435 g/mol. The average Bonchev–Trinajstić information content (AvgIpc) is 3.30. The molecule has 1 aromatic carbocycles. The van der Waals surface area contributed by atoms with Crippen LogP contribution >= 0.6 is 27.3 Å². The molecule has 3 heterocycles. The maximum atomic E-state index is 13.5. The predicted molar refractivity (Wildman–Crippen MR) is 103 cm³/mol. The Morgan fingerprint density at radius 2 is 2.31 bits per heavy atom. The zero-order valence-corrected chi connectivity index (χ0v) is 16.3. The van der Waals surface area contributed by atoms with Crippen LogP contribution < -0.4 is 5.32 Å². The normalized spacial score (nSPS) is 22.4. The van der Waals surface area contributed by atoms with Gasteiger partial charge in [0.1, 0.15) is 18.1 Å². The summed E-state index contributed by atoms with van der Waals surface area (Å²) in [5, 5.41) is 6.00. The first-order chi connectivity index (χ1) is 12.6. The lowest BCUT2D eigenvalue weighted by atomic mass is 9.95. The first-order valence-corrected chi connectivity index (χ1v) is 9.85. The van der Waals surface area contributed by atoms with Gasteiger partial charge in [-0.25, -0.2) is 9.37 Å². The van der Waals surface area contributed by atoms with E-state index in [-0.39, 0.29) is 11.9 Å². The third kappa shape index (κ3) is 2.91. The largest absolute Gasteiger partial charge is 0.326 e. The minimum atomic E-state index is -0.483. The van der Waals surface area contributed by atoms with Gasteiger partial charge in [-0.2, -0.15) is 0 Å². The Hall–Kier alpha value is -1.90. The van der Waals surface area contributed by atoms with Crippen molar-refractivity contribution < 1.29 is 9.18 Å². The maximum Gasteiger partial charge on any atom is 0.165 e. The van der Waals surface area contributed by atoms with E-state index in [1.807, 2.05) is 12.4 Å². The molecule has 0 aliphatic carbocycles. The molecule has 5 nitrogen and oxygen atoms in total. The van der Waals surface area contributed by atoms with Gasteiger partial charge in [0.2, 0.25) is 0 Å². The van der Waals surface area contributed by atoms with Crippen molar-refractivity contribution in [3.8, 4) is 0 Å². The van der Waals surface area contributed by atoms with Crippen LogP contribution in [0.15, 0.2) is 50.5 Å². The molecular formula is C18H16BrFN4OS. The van der Waals surface area contributed by atoms with Crippen LogP contribution in [0.25, 0.3) is 0 Å². The van der Waals surface area contributed by atoms with Gasteiger partial charge in [-0.3, -0.25) is 9.79 Å². The van der Waals surface area contributed by atoms with E-state index in [0.717, 1.165) is 41.4 Å². The van der Waals surface area contributed by atoms with Gasteiger partial charge in [-0.15, -0.1) is 11.3 Å². The van der Waals surface area contributed by atoms with Crippen molar-refractivity contribution in [1.82, 2.24) is 15.2 Å². The molecule has 2 aromatic rings. The van der Waals surface area contributed by atoms with Crippen LogP contribution in [0.5, 0.6) is 0 Å². The number of likely N-dealkylation sites (N-methyl/N-ethyl adjacent to an activating group) is 1. The molecule has 134 valence electrons. The van der Waals surface area contributed by atoms with E-state index >= 15 is 0 Å². The lowest BCUT2D eigenvalue weighted by molar-refractivity contribution is -0.105. The number of hydrogen-bond acceptors (Lipinski definition) is 6. The van der Waals surface area contributed by atoms with Crippen LogP contribution in [0.4, 0.5) is 4.39 Å². The van der Waals surface area contributed by atoms with Crippen LogP contribution in [0, 0.1) is 5.82 Å². The second kappa shape index (κ2) is 7.02. The van der Waals surface area contributed by atoms with Crippen molar-refractivity contribution >= 4 is 39.4 Å². The molecule has 2 aliphatic rings. The van der Waals surface area contributed by atoms with E-state index in [1.165, 1.54) is 23.5 Å². The summed E-state index contributed by atoms with van der Waals surface area (Å²) in [5.41, 5.74) is 2.35. The first kappa shape index (κ1) is 17.5. The van der Waals surface area contributed by atoms with Gasteiger partial charge in [0.15, 0.2) is 10.8 Å². The summed E-state index contributed by atoms with van der Waals surface area (Å²) in [4.78, 5) is 23.3. The molecule has 1 saturated heterocycles. The standard InChI is InChI=1S/C18H16BrFN4OS/c1-21-11-7-15-13(9-25)16(12-3-2-10(20)6-14(12)19)23-17(24(15)8-11)18-22-4-5-26-18/h2-6,9,11,16,21H,7-8H2,1H3/t11?,16-/m0/s1. The molecule has 0 radical (unpaired) electrons. The number of aldehydes is 1. The van der Waals surface area contributed by atoms with Crippen molar-refractivity contribution in [2.24, 2.45) is 4.99 Å². The van der Waals surface area contributed by atoms with Crippen LogP contribution in [-0.4, -0.2) is 41.6 Å². The third-order valence-corrected chi connectivity index (χ3v) is 6.18. The zero-order valence-electron chi connectivity index (χ0n) is 13.9. The molecule has 0 amide bonds. The van der Waals surface area contributed by atoms with Gasteiger partial charge in [0, 0.05) is 46.3 Å². The summed E-state index contributed by atoms with van der Waals surface area (Å²) < 4.78 is 14.1. The molecule has 8 heteroatoms. The smallest absolute Gasteiger partial charge is 0.165 e. The molecule has 2 atom stereocenters. The van der Waals surface area contributed by atoms with E-state index in [4.69, 9.17) is 4.99 Å². The third-order valence-electron chi connectivity index (χ3n) is 4.72. The van der Waals surface area contributed by atoms with Crippen molar-refractivity contribution in [2.45, 2.75) is 18.5 Å². The van der Waals surface area contributed by atoms with E-state index in [2.05, 4.69) is 31.1 Å². The molecule has 0 bridgehead atoms. The number of nitrogens with one attached hydrogen (secondary N) is 1. The molecule has 1 aromatic heterocycles. The highest BCUT2D eigenvalue weighted by molar-refractivity contribution is 9.10. The van der Waals surface area contributed by atoms with Gasteiger partial charge in [0.05, 0.1) is 0 Å². The Kier molecular flexibility index (Phi) is 4.73. The summed E-state index contributed by atoms with van der Waals surface area (Å²) in [5.74, 6) is 0.429. The molecule has 0 spiro atoms. The molecule has 1 unspecified atom stereocenters. The van der Waals surface area contributed by atoms with E-state index in [1.54, 1.807) is 12.3 Å². The Balaban J connectivity index is 1.88. The Bertz CT molecular complexity index is 912. The summed E-state index contributed by atoms with van der Waals surface area (Å²) in [6, 6.07) is 4.22. The summed E-state index contributed by atoms with van der Waals surface area (Å²) in [7, 11) is 1.92. The Labute approximate surface area is 162 Å². The topological polar surface area (TPSA) is 57.6 Å². The van der Waals surface area contributed by atoms with Crippen LogP contribution in [0.2, 0.25) is 0 Å². The number of carbonyl (C=O) groups is 1. The monoisotopic (exact) mass is 434 g/mol. The number of aromatic nitrogens is 1. The molecule has 0 saturated carbocycles. The predicted octanol–water partition coefficient (Wildman–Crippen LogP) is 3.29. The number of rotatable bonds is 4. The number of benzene rings is 1. The number of hydrogen-bond donors (Lipinski definition) is 1. The second-order valence-corrected chi connectivity index (χ2v) is 7.93. The number of nitrogens with zero attached hydrogens (tertiary/aromatic N) is 3. The van der Waals surface area contributed by atoms with E-state index < -0.39 is 6.04 Å². The van der Waals surface area contributed by atoms with Gasteiger partial charge in [-0.1, -0.05) is 22.0 Å². The Morgan fingerprint density at radius 3 is 2.96 bits per heavy atom. The number of thiazole rings is 1. The fourth-order valence-electron chi connectivity index (χ4n) is 3.44. The van der Waals surface area contributed by atoms with E-state index in [0.29, 0.717) is 10.0 Å². The highest BCUT2D eigenvalue weighted by atomic mass is 79.9. The molecule has 1 N–H and O–H groups in total. The number of carbonyl (C=O) groups excluding carboxylic acids is 1. The Morgan fingerprint density at radius 1 is 1.46 bits per heavy atom. The summed E-state index contributed by atoms with van der Waals surface area (Å²) >= 11 is 4.93. The molecular weight excluding hydrogens is 419 g/mol. The van der Waals surface area contributed by atoms with Crippen molar-refractivity contribution in [3.63, 3.8) is 0 Å². The molecule has 26 heavy (non-hydrogen) atoms. The lowest BCUT2D eigenvalue weighted by Crippen LogP contribution is -2.36. The fraction of sp³-hybridized carbons (Fsp3) is 0.278. The number of fused-ring (bicyclic) bond motifs is 1. The fourth-order valence-corrected chi connectivity index (χ4v) is 4.65. The number of aliphatic imine (C=N–C) groups is 1. The van der Waals surface area contributed by atoms with Crippen LogP contribution in [-0.2, 0) is 4.79 Å². The lowest BCUT2D eigenvalue weighted by Gasteiger charge is -2.30. The summed E-state index contributed by atoms with van der Waals surface area (Å²) in [6.45, 7) is 0.735. The van der Waals surface area contributed by atoms with E-state index in [9.17, 15) is 9.18 Å². The highest BCUT2D eigenvalue weighted by Gasteiger charge is 2.39. The molecule has 1 fully saturated rings. The van der Waals surface area contributed by atoms with Gasteiger partial charge >= 0.3 is 0 Å². The molecule has 2 aliphatic heterocycles. The van der Waals surface area contributed by atoms with Crippen molar-refractivity contribution in [3.05, 3.63) is 61.9 Å². The zero-order chi connectivity index (χ0) is 18.3. The highest BCUT2D eigenvalue weighted by Crippen LogP contribution is 2.41. The van der Waals surface area contributed by atoms with Gasteiger partial charge < -0.3 is 10.2 Å². The quantitative estimate of drug-likeness (QED) is 0.749. The summed E-state index contributed by atoms with van der Waals surface area (Å²) in [6.07, 6.45) is 3.36. The first-order valence-electron chi connectivity index (χ1n) is 8.18. The maximum absolute atomic E-state index is 13.5. The van der Waals surface area contributed by atoms with Crippen molar-refractivity contribution in [1.29, 1.82) is 0 Å². The van der Waals surface area contributed by atoms with Crippen LogP contribution in [0.1, 0.15) is 23.0 Å². The minimum absolute atomic E-state index is 0.237. The second-order valence-electron chi connectivity index (χ2n) is 6.18. The van der Waals surface area contributed by atoms with Gasteiger partial charge in [0.25, 0.3) is 0 Å². The minimum Gasteiger partial charge on any atom is -0.326 e. The molecule has 4 rings (SSSR count). The SMILES string of the molecule is CNC1CC2=C(C=O)[C@H](c3ccc(F)cc3Br)N=C(c3nccs3)N2C1. The number of amidine groups is 1. The number of halogens is 2. The van der Waals surface area contributed by atoms with Crippen molar-refractivity contribution in [2.75, 3.05) is 13.6 Å². The van der Waals surface area contributed by atoms with Gasteiger partial charge in [-0.05, 0) is 24.7 Å². The van der Waals surface area contributed by atoms with Crippen LogP contribution in [0.3, 0.4) is 0 Å².